The normalized spacial score (nSPS) is 13.9. The highest BCUT2D eigenvalue weighted by atomic mass is 19.4. The summed E-state index contributed by atoms with van der Waals surface area (Å²) in [5.74, 6) is -3.34. The lowest BCUT2D eigenvalue weighted by molar-refractivity contribution is -0.151. The summed E-state index contributed by atoms with van der Waals surface area (Å²) in [5.41, 5.74) is -1.12. The molecule has 0 aliphatic carbocycles. The second-order valence-corrected chi connectivity index (χ2v) is 7.50. The van der Waals surface area contributed by atoms with Crippen LogP contribution >= 0.6 is 0 Å². The van der Waals surface area contributed by atoms with Crippen molar-refractivity contribution >= 4 is 17.8 Å². The molecule has 0 bridgehead atoms. The minimum Gasteiger partial charge on any atom is -0.493 e. The van der Waals surface area contributed by atoms with Gasteiger partial charge in [-0.15, -0.1) is 0 Å². The molecule has 0 radical (unpaired) electrons. The number of methoxy groups -OCH3 is 1. The van der Waals surface area contributed by atoms with Crippen LogP contribution in [0.3, 0.4) is 0 Å². The molecule has 34 heavy (non-hydrogen) atoms. The summed E-state index contributed by atoms with van der Waals surface area (Å²) in [5, 5.41) is 2.38. The molecule has 3 atom stereocenters. The Hall–Kier alpha value is -3.63. The van der Waals surface area contributed by atoms with Crippen LogP contribution < -0.4 is 14.8 Å². The van der Waals surface area contributed by atoms with E-state index >= 15 is 0 Å². The standard InChI is InChI=1S/C23H25F3N2O6/c1-12(16-8-6-7-9-17(16)23(24,25)26)14(3)33-22(31)13(2)28-21(30)19-20(34-15(4)29)18(32-5)10-11-27-19/h6-14H,1-5H3,(H,28,30)/t12-,13+,14+/m1/s1. The van der Waals surface area contributed by atoms with Crippen molar-refractivity contribution in [3.05, 3.63) is 53.3 Å². The van der Waals surface area contributed by atoms with E-state index in [1.807, 2.05) is 0 Å². The Bertz CT molecular complexity index is 1060. The van der Waals surface area contributed by atoms with Gasteiger partial charge in [-0.1, -0.05) is 25.1 Å². The zero-order valence-corrected chi connectivity index (χ0v) is 19.2. The van der Waals surface area contributed by atoms with Crippen molar-refractivity contribution in [3.63, 3.8) is 0 Å². The van der Waals surface area contributed by atoms with Gasteiger partial charge in [-0.25, -0.2) is 9.78 Å². The van der Waals surface area contributed by atoms with Crippen LogP contribution in [0.2, 0.25) is 0 Å². The number of pyridine rings is 1. The van der Waals surface area contributed by atoms with Crippen LogP contribution in [0.5, 0.6) is 11.5 Å². The van der Waals surface area contributed by atoms with Crippen LogP contribution in [0.15, 0.2) is 36.5 Å². The van der Waals surface area contributed by atoms with Crippen molar-refractivity contribution < 1.29 is 41.8 Å². The van der Waals surface area contributed by atoms with Gasteiger partial charge in [-0.3, -0.25) is 9.59 Å². The van der Waals surface area contributed by atoms with E-state index in [2.05, 4.69) is 10.3 Å². The number of esters is 2. The van der Waals surface area contributed by atoms with Crippen molar-refractivity contribution in [2.24, 2.45) is 0 Å². The van der Waals surface area contributed by atoms with E-state index in [1.165, 1.54) is 58.3 Å². The number of halogens is 3. The molecule has 0 saturated carbocycles. The highest BCUT2D eigenvalue weighted by Crippen LogP contribution is 2.36. The number of nitrogens with one attached hydrogen (secondary N) is 1. The lowest BCUT2D eigenvalue weighted by atomic mass is 9.91. The molecule has 0 aliphatic heterocycles. The molecule has 184 valence electrons. The maximum absolute atomic E-state index is 13.3. The fraction of sp³-hybridized carbons (Fsp3) is 0.391. The van der Waals surface area contributed by atoms with E-state index in [0.717, 1.165) is 13.0 Å². The van der Waals surface area contributed by atoms with E-state index in [1.54, 1.807) is 0 Å². The van der Waals surface area contributed by atoms with Gasteiger partial charge >= 0.3 is 18.1 Å². The number of carbonyl (C=O) groups excluding carboxylic acids is 3. The first kappa shape index (κ1) is 26.6. The molecular weight excluding hydrogens is 457 g/mol. The summed E-state index contributed by atoms with van der Waals surface area (Å²) in [7, 11) is 1.31. The summed E-state index contributed by atoms with van der Waals surface area (Å²) in [6.45, 7) is 5.45. The molecular formula is C23H25F3N2O6. The molecule has 1 heterocycles. The molecule has 0 spiro atoms. The number of hydrogen-bond donors (Lipinski definition) is 1. The second kappa shape index (κ2) is 11.0. The predicted octanol–water partition coefficient (Wildman–Crippen LogP) is 3.89. The smallest absolute Gasteiger partial charge is 0.416 e. The summed E-state index contributed by atoms with van der Waals surface area (Å²) < 4.78 is 55.4. The molecule has 0 saturated heterocycles. The van der Waals surface area contributed by atoms with Gasteiger partial charge in [0.25, 0.3) is 5.91 Å². The topological polar surface area (TPSA) is 104 Å². The Balaban J connectivity index is 2.13. The van der Waals surface area contributed by atoms with Crippen LogP contribution in [-0.4, -0.2) is 42.1 Å². The zero-order valence-electron chi connectivity index (χ0n) is 19.2. The first-order valence-corrected chi connectivity index (χ1v) is 10.3. The number of benzene rings is 1. The van der Waals surface area contributed by atoms with Gasteiger partial charge in [0.15, 0.2) is 11.4 Å². The highest BCUT2D eigenvalue weighted by molar-refractivity contribution is 5.98. The molecule has 0 fully saturated rings. The van der Waals surface area contributed by atoms with Crippen molar-refractivity contribution in [2.75, 3.05) is 7.11 Å². The van der Waals surface area contributed by atoms with Crippen molar-refractivity contribution in [1.82, 2.24) is 10.3 Å². The zero-order chi connectivity index (χ0) is 25.6. The number of ether oxygens (including phenoxy) is 3. The second-order valence-electron chi connectivity index (χ2n) is 7.50. The van der Waals surface area contributed by atoms with Crippen LogP contribution in [0.1, 0.15) is 55.2 Å². The number of nitrogens with zero attached hydrogens (tertiary/aromatic N) is 1. The Kier molecular flexibility index (Phi) is 8.61. The van der Waals surface area contributed by atoms with Crippen molar-refractivity contribution in [3.8, 4) is 11.5 Å². The maximum Gasteiger partial charge on any atom is 0.416 e. The molecule has 1 aromatic carbocycles. The first-order chi connectivity index (χ1) is 15.9. The van der Waals surface area contributed by atoms with Crippen LogP contribution in [0, 0.1) is 0 Å². The number of alkyl halides is 3. The summed E-state index contributed by atoms with van der Waals surface area (Å²) in [4.78, 5) is 40.5. The van der Waals surface area contributed by atoms with Crippen LogP contribution in [0.4, 0.5) is 13.2 Å². The van der Waals surface area contributed by atoms with Gasteiger partial charge in [-0.05, 0) is 25.5 Å². The number of rotatable bonds is 8. The van der Waals surface area contributed by atoms with Gasteiger partial charge in [0.1, 0.15) is 12.1 Å². The summed E-state index contributed by atoms with van der Waals surface area (Å²) >= 11 is 0. The summed E-state index contributed by atoms with van der Waals surface area (Å²) in [6, 6.07) is 5.25. The van der Waals surface area contributed by atoms with Gasteiger partial charge in [-0.2, -0.15) is 13.2 Å². The Morgan fingerprint density at radius 3 is 2.29 bits per heavy atom. The average molecular weight is 482 g/mol. The van der Waals surface area contributed by atoms with E-state index in [9.17, 15) is 27.6 Å². The third-order valence-corrected chi connectivity index (χ3v) is 5.01. The van der Waals surface area contributed by atoms with Gasteiger partial charge < -0.3 is 19.5 Å². The lowest BCUT2D eigenvalue weighted by Crippen LogP contribution is -2.41. The molecule has 0 unspecified atom stereocenters. The van der Waals surface area contributed by atoms with Gasteiger partial charge in [0, 0.05) is 25.1 Å². The molecule has 2 rings (SSSR count). The predicted molar refractivity (Wildman–Crippen MR) is 114 cm³/mol. The monoisotopic (exact) mass is 482 g/mol. The van der Waals surface area contributed by atoms with Crippen molar-refractivity contribution in [1.29, 1.82) is 0 Å². The SMILES string of the molecule is COc1ccnc(C(=O)N[C@@H](C)C(=O)O[C@@H](C)[C@@H](C)c2ccccc2C(F)(F)F)c1OC(C)=O. The highest BCUT2D eigenvalue weighted by Gasteiger charge is 2.36. The molecule has 2 aromatic rings. The third-order valence-electron chi connectivity index (χ3n) is 5.01. The Labute approximate surface area is 194 Å². The minimum absolute atomic E-state index is 0.0152. The first-order valence-electron chi connectivity index (χ1n) is 10.3. The van der Waals surface area contributed by atoms with Crippen molar-refractivity contribution in [2.45, 2.75) is 51.9 Å². The quantitative estimate of drug-likeness (QED) is 0.570. The molecule has 1 N–H and O–H groups in total. The number of amides is 1. The molecule has 1 amide bonds. The lowest BCUT2D eigenvalue weighted by Gasteiger charge is -2.25. The number of carbonyl (C=O) groups is 3. The number of aromatic nitrogens is 1. The van der Waals surface area contributed by atoms with Crippen LogP contribution in [-0.2, 0) is 20.5 Å². The van der Waals surface area contributed by atoms with Gasteiger partial charge in [0.2, 0.25) is 5.75 Å². The largest absolute Gasteiger partial charge is 0.493 e. The Morgan fingerprint density at radius 1 is 1.06 bits per heavy atom. The molecule has 11 heteroatoms. The minimum atomic E-state index is -4.56. The summed E-state index contributed by atoms with van der Waals surface area (Å²) in [6.07, 6.45) is -4.23. The third kappa shape index (κ3) is 6.46. The van der Waals surface area contributed by atoms with Crippen LogP contribution in [0.25, 0.3) is 0 Å². The van der Waals surface area contributed by atoms with E-state index in [0.29, 0.717) is 0 Å². The maximum atomic E-state index is 13.3. The van der Waals surface area contributed by atoms with E-state index < -0.39 is 47.6 Å². The van der Waals surface area contributed by atoms with E-state index in [-0.39, 0.29) is 22.8 Å². The fourth-order valence-electron chi connectivity index (χ4n) is 3.11. The molecule has 0 aliphatic rings. The van der Waals surface area contributed by atoms with Gasteiger partial charge in [0.05, 0.1) is 12.7 Å². The Morgan fingerprint density at radius 2 is 1.71 bits per heavy atom. The average Bonchev–Trinajstić information content (AvgIpc) is 2.77. The van der Waals surface area contributed by atoms with E-state index in [4.69, 9.17) is 14.2 Å². The molecule has 8 nitrogen and oxygen atoms in total. The fourth-order valence-corrected chi connectivity index (χ4v) is 3.11. The molecule has 1 aromatic heterocycles. The number of hydrogen-bond acceptors (Lipinski definition) is 7.